The number of carbonyl (C=O) groups excluding carboxylic acids is 1. The van der Waals surface area contributed by atoms with Gasteiger partial charge in [0, 0.05) is 37.6 Å². The lowest BCUT2D eigenvalue weighted by Gasteiger charge is -2.34. The molecule has 2 aromatic carbocycles. The number of sulfonamides is 1. The predicted molar refractivity (Wildman–Crippen MR) is 134 cm³/mol. The second-order valence-electron chi connectivity index (χ2n) is 9.29. The van der Waals surface area contributed by atoms with Crippen molar-refractivity contribution < 1.29 is 17.9 Å². The number of hydrogen-bond acceptors (Lipinski definition) is 5. The molecule has 1 aromatic heterocycles. The van der Waals surface area contributed by atoms with Gasteiger partial charge in [0.05, 0.1) is 13.7 Å². The summed E-state index contributed by atoms with van der Waals surface area (Å²) in [5.41, 5.74) is 2.28. The number of hydrogen-bond donors (Lipinski definition) is 1. The van der Waals surface area contributed by atoms with Gasteiger partial charge >= 0.3 is 0 Å². The van der Waals surface area contributed by atoms with Crippen molar-refractivity contribution in [3.63, 3.8) is 0 Å². The van der Waals surface area contributed by atoms with E-state index in [1.54, 1.807) is 18.3 Å². The normalized spacial score (nSPS) is 18.8. The van der Waals surface area contributed by atoms with Crippen molar-refractivity contribution in [3.05, 3.63) is 77.6 Å². The molecule has 2 atom stereocenters. The van der Waals surface area contributed by atoms with E-state index in [4.69, 9.17) is 4.74 Å². The Bertz CT molecular complexity index is 1260. The number of piperidine rings is 1. The predicted octanol–water partition coefficient (Wildman–Crippen LogP) is 3.54. The van der Waals surface area contributed by atoms with Gasteiger partial charge in [-0.25, -0.2) is 8.42 Å². The van der Waals surface area contributed by atoms with Gasteiger partial charge in [-0.3, -0.25) is 9.48 Å². The van der Waals surface area contributed by atoms with Gasteiger partial charge in [-0.05, 0) is 53.6 Å². The molecule has 2 unspecified atom stereocenters. The third-order valence-corrected chi connectivity index (χ3v) is 8.18. The van der Waals surface area contributed by atoms with Crippen molar-refractivity contribution in [2.45, 2.75) is 38.3 Å². The summed E-state index contributed by atoms with van der Waals surface area (Å²) >= 11 is 0. The molecule has 9 heteroatoms. The van der Waals surface area contributed by atoms with Gasteiger partial charge < -0.3 is 10.1 Å². The van der Waals surface area contributed by atoms with Gasteiger partial charge in [0.2, 0.25) is 10.0 Å². The summed E-state index contributed by atoms with van der Waals surface area (Å²) in [4.78, 5) is 13.0. The molecule has 1 saturated heterocycles. The molecule has 2 heterocycles. The lowest BCUT2D eigenvalue weighted by molar-refractivity contribution is 0.0950. The van der Waals surface area contributed by atoms with Crippen LogP contribution in [0.1, 0.15) is 41.8 Å². The van der Waals surface area contributed by atoms with Crippen LogP contribution in [0.4, 0.5) is 0 Å². The van der Waals surface area contributed by atoms with Gasteiger partial charge in [0.15, 0.2) is 0 Å². The number of carbonyl (C=O) groups is 1. The Morgan fingerprint density at radius 1 is 1.09 bits per heavy atom. The minimum absolute atomic E-state index is 0.0213. The first-order valence-corrected chi connectivity index (χ1v) is 13.2. The summed E-state index contributed by atoms with van der Waals surface area (Å²) in [5.74, 6) is 0.427. The summed E-state index contributed by atoms with van der Waals surface area (Å²) in [5, 5.41) is 7.18. The third-order valence-electron chi connectivity index (χ3n) is 6.33. The number of nitrogens with one attached hydrogen (secondary N) is 1. The van der Waals surface area contributed by atoms with Crippen molar-refractivity contribution in [2.24, 2.45) is 11.8 Å². The molecule has 186 valence electrons. The summed E-state index contributed by atoms with van der Waals surface area (Å²) < 4.78 is 35.7. The average Bonchev–Trinajstić information content (AvgIpc) is 3.35. The van der Waals surface area contributed by atoms with Crippen LogP contribution in [0, 0.1) is 11.8 Å². The molecule has 0 bridgehead atoms. The molecule has 8 nitrogen and oxygen atoms in total. The van der Waals surface area contributed by atoms with Crippen LogP contribution in [-0.4, -0.2) is 48.6 Å². The van der Waals surface area contributed by atoms with Gasteiger partial charge in [-0.15, -0.1) is 0 Å². The first kappa shape index (κ1) is 24.9. The number of methoxy groups -OCH3 is 1. The van der Waals surface area contributed by atoms with E-state index >= 15 is 0 Å². The smallest absolute Gasteiger partial charge is 0.251 e. The molecule has 1 aliphatic rings. The second kappa shape index (κ2) is 10.6. The Morgan fingerprint density at radius 3 is 2.46 bits per heavy atom. The Hall–Kier alpha value is -3.17. The maximum Gasteiger partial charge on any atom is 0.251 e. The van der Waals surface area contributed by atoms with Crippen LogP contribution < -0.4 is 10.1 Å². The SMILES string of the molecule is COc1ccc(C(=O)NCc2ccccc2Cn2cccn2)cc1S(=O)(=O)N1CC(C)CC(C)C1. The number of nitrogens with zero attached hydrogens (tertiary/aromatic N) is 3. The molecule has 1 amide bonds. The van der Waals surface area contributed by atoms with E-state index in [0.29, 0.717) is 26.2 Å². The standard InChI is InChI=1S/C26H32N4O4S/c1-19-13-20(2)17-30(16-19)35(32,33)25-14-21(9-10-24(25)34-3)26(31)27-15-22-7-4-5-8-23(22)18-29-12-6-11-28-29/h4-12,14,19-20H,13,15-18H2,1-3H3,(H,27,31). The third kappa shape index (κ3) is 5.74. The highest BCUT2D eigenvalue weighted by atomic mass is 32.2. The number of amides is 1. The van der Waals surface area contributed by atoms with Crippen LogP contribution in [0.3, 0.4) is 0 Å². The highest BCUT2D eigenvalue weighted by molar-refractivity contribution is 7.89. The molecule has 0 radical (unpaired) electrons. The summed E-state index contributed by atoms with van der Waals surface area (Å²) in [7, 11) is -2.37. The molecule has 0 saturated carbocycles. The number of ether oxygens (including phenoxy) is 1. The van der Waals surface area contributed by atoms with Crippen LogP contribution in [0.15, 0.2) is 65.8 Å². The van der Waals surface area contributed by atoms with E-state index < -0.39 is 10.0 Å². The van der Waals surface area contributed by atoms with Crippen LogP contribution in [0.2, 0.25) is 0 Å². The highest BCUT2D eigenvalue weighted by Gasteiger charge is 2.34. The Morgan fingerprint density at radius 2 is 1.80 bits per heavy atom. The van der Waals surface area contributed by atoms with E-state index in [-0.39, 0.29) is 34.0 Å². The molecule has 1 aliphatic heterocycles. The molecule has 3 aromatic rings. The largest absolute Gasteiger partial charge is 0.495 e. The minimum Gasteiger partial charge on any atom is -0.495 e. The van der Waals surface area contributed by atoms with Gasteiger partial charge in [0.25, 0.3) is 5.91 Å². The fraction of sp³-hybridized carbons (Fsp3) is 0.385. The van der Waals surface area contributed by atoms with E-state index in [0.717, 1.165) is 17.5 Å². The van der Waals surface area contributed by atoms with Crippen molar-refractivity contribution in [3.8, 4) is 5.75 Å². The van der Waals surface area contributed by atoms with Crippen molar-refractivity contribution in [1.82, 2.24) is 19.4 Å². The highest BCUT2D eigenvalue weighted by Crippen LogP contribution is 2.32. The first-order chi connectivity index (χ1) is 16.8. The number of rotatable bonds is 8. The zero-order valence-corrected chi connectivity index (χ0v) is 21.2. The van der Waals surface area contributed by atoms with Gasteiger partial charge in [-0.1, -0.05) is 38.1 Å². The second-order valence-corrected chi connectivity index (χ2v) is 11.2. The first-order valence-electron chi connectivity index (χ1n) is 11.8. The molecular formula is C26H32N4O4S. The summed E-state index contributed by atoms with van der Waals surface area (Å²) in [6.07, 6.45) is 4.61. The van der Waals surface area contributed by atoms with E-state index in [1.807, 2.05) is 41.2 Å². The maximum atomic E-state index is 13.5. The lowest BCUT2D eigenvalue weighted by Crippen LogP contribution is -2.42. The molecule has 1 fully saturated rings. The fourth-order valence-electron chi connectivity index (χ4n) is 4.69. The topological polar surface area (TPSA) is 93.5 Å². The quantitative estimate of drug-likeness (QED) is 0.515. The van der Waals surface area contributed by atoms with Crippen molar-refractivity contribution in [2.75, 3.05) is 20.2 Å². The van der Waals surface area contributed by atoms with Crippen molar-refractivity contribution in [1.29, 1.82) is 0 Å². The maximum absolute atomic E-state index is 13.5. The molecule has 35 heavy (non-hydrogen) atoms. The van der Waals surface area contributed by atoms with Crippen LogP contribution in [0.5, 0.6) is 5.75 Å². The fourth-order valence-corrected chi connectivity index (χ4v) is 6.55. The van der Waals surface area contributed by atoms with E-state index in [9.17, 15) is 13.2 Å². The van der Waals surface area contributed by atoms with Crippen LogP contribution >= 0.6 is 0 Å². The average molecular weight is 497 g/mol. The minimum atomic E-state index is -3.81. The van der Waals surface area contributed by atoms with Crippen LogP contribution in [0.25, 0.3) is 0 Å². The number of aromatic nitrogens is 2. The Balaban J connectivity index is 1.53. The lowest BCUT2D eigenvalue weighted by atomic mass is 9.94. The van der Waals surface area contributed by atoms with Gasteiger partial charge in [0.1, 0.15) is 10.6 Å². The monoisotopic (exact) mass is 496 g/mol. The number of benzene rings is 2. The van der Waals surface area contributed by atoms with Crippen molar-refractivity contribution >= 4 is 15.9 Å². The molecule has 4 rings (SSSR count). The summed E-state index contributed by atoms with van der Waals surface area (Å²) in [6, 6.07) is 14.3. The Kier molecular flexibility index (Phi) is 7.57. The van der Waals surface area contributed by atoms with E-state index in [1.165, 1.54) is 17.5 Å². The molecular weight excluding hydrogens is 464 g/mol. The van der Waals surface area contributed by atoms with Crippen LogP contribution in [-0.2, 0) is 23.1 Å². The molecule has 1 N–H and O–H groups in total. The zero-order valence-electron chi connectivity index (χ0n) is 20.3. The Labute approximate surface area is 207 Å². The summed E-state index contributed by atoms with van der Waals surface area (Å²) in [6.45, 7) is 5.94. The molecule has 0 spiro atoms. The molecule has 0 aliphatic carbocycles. The van der Waals surface area contributed by atoms with Gasteiger partial charge in [-0.2, -0.15) is 9.40 Å². The zero-order chi connectivity index (χ0) is 25.0. The van der Waals surface area contributed by atoms with E-state index in [2.05, 4.69) is 24.3 Å².